The molecule has 0 aromatic heterocycles. The number of hydrogen-bond acceptors (Lipinski definition) is 2. The highest BCUT2D eigenvalue weighted by molar-refractivity contribution is 5.75. The SMILES string of the molecule is CCOc1ccccc1[C@@H]1C[C@@H]1C(=O)O. The van der Waals surface area contributed by atoms with Crippen LogP contribution < -0.4 is 4.74 Å². The van der Waals surface area contributed by atoms with Gasteiger partial charge in [0.15, 0.2) is 0 Å². The van der Waals surface area contributed by atoms with E-state index in [9.17, 15) is 4.79 Å². The van der Waals surface area contributed by atoms with Crippen molar-refractivity contribution in [1.82, 2.24) is 0 Å². The molecule has 1 fully saturated rings. The van der Waals surface area contributed by atoms with Gasteiger partial charge in [0.25, 0.3) is 0 Å². The summed E-state index contributed by atoms with van der Waals surface area (Å²) in [6.07, 6.45) is 0.736. The van der Waals surface area contributed by atoms with Gasteiger partial charge in [0.2, 0.25) is 0 Å². The number of para-hydroxylation sites is 1. The van der Waals surface area contributed by atoms with E-state index in [-0.39, 0.29) is 11.8 Å². The van der Waals surface area contributed by atoms with Crippen LogP contribution in [0.3, 0.4) is 0 Å². The summed E-state index contributed by atoms with van der Waals surface area (Å²) in [4.78, 5) is 10.8. The Hall–Kier alpha value is -1.51. The first-order chi connectivity index (χ1) is 7.24. The summed E-state index contributed by atoms with van der Waals surface area (Å²) in [5, 5.41) is 8.86. The average Bonchev–Trinajstić information content (AvgIpc) is 2.99. The zero-order valence-corrected chi connectivity index (χ0v) is 8.64. The molecule has 0 heterocycles. The van der Waals surface area contributed by atoms with Crippen molar-refractivity contribution in [2.24, 2.45) is 5.92 Å². The summed E-state index contributed by atoms with van der Waals surface area (Å²) in [7, 11) is 0. The molecular weight excluding hydrogens is 192 g/mol. The van der Waals surface area contributed by atoms with Crippen molar-refractivity contribution in [3.63, 3.8) is 0 Å². The molecule has 1 aromatic carbocycles. The predicted octanol–water partition coefficient (Wildman–Crippen LogP) is 2.27. The van der Waals surface area contributed by atoms with Crippen LogP contribution in [0.1, 0.15) is 24.8 Å². The number of rotatable bonds is 4. The zero-order chi connectivity index (χ0) is 10.8. The minimum Gasteiger partial charge on any atom is -0.494 e. The number of aliphatic carboxylic acids is 1. The maximum atomic E-state index is 10.8. The van der Waals surface area contributed by atoms with E-state index in [0.29, 0.717) is 6.61 Å². The van der Waals surface area contributed by atoms with Crippen LogP contribution in [-0.2, 0) is 4.79 Å². The van der Waals surface area contributed by atoms with Crippen molar-refractivity contribution >= 4 is 5.97 Å². The van der Waals surface area contributed by atoms with Gasteiger partial charge >= 0.3 is 5.97 Å². The smallest absolute Gasteiger partial charge is 0.307 e. The predicted molar refractivity (Wildman–Crippen MR) is 56.1 cm³/mol. The third-order valence-electron chi connectivity index (χ3n) is 2.73. The van der Waals surface area contributed by atoms with Crippen molar-refractivity contribution in [1.29, 1.82) is 0 Å². The van der Waals surface area contributed by atoms with E-state index in [0.717, 1.165) is 17.7 Å². The molecule has 1 aliphatic carbocycles. The summed E-state index contributed by atoms with van der Waals surface area (Å²) in [5.41, 5.74) is 1.03. The Labute approximate surface area is 88.7 Å². The molecule has 1 saturated carbocycles. The Morgan fingerprint density at radius 3 is 2.87 bits per heavy atom. The Balaban J connectivity index is 2.18. The lowest BCUT2D eigenvalue weighted by Gasteiger charge is -2.08. The Morgan fingerprint density at radius 2 is 2.27 bits per heavy atom. The standard InChI is InChI=1S/C12H14O3/c1-2-15-11-6-4-3-5-8(11)9-7-10(9)12(13)14/h3-6,9-10H,2,7H2,1H3,(H,13,14)/t9-,10-/m0/s1. The van der Waals surface area contributed by atoms with Gasteiger partial charge in [-0.05, 0) is 25.0 Å². The van der Waals surface area contributed by atoms with Gasteiger partial charge in [0.1, 0.15) is 5.75 Å². The van der Waals surface area contributed by atoms with Gasteiger partial charge in [-0.3, -0.25) is 4.79 Å². The van der Waals surface area contributed by atoms with Crippen molar-refractivity contribution in [2.75, 3.05) is 6.61 Å². The molecule has 0 radical (unpaired) electrons. The van der Waals surface area contributed by atoms with Gasteiger partial charge in [-0.15, -0.1) is 0 Å². The highest BCUT2D eigenvalue weighted by Gasteiger charge is 2.45. The largest absolute Gasteiger partial charge is 0.494 e. The van der Waals surface area contributed by atoms with Crippen molar-refractivity contribution in [3.05, 3.63) is 29.8 Å². The van der Waals surface area contributed by atoms with Gasteiger partial charge < -0.3 is 9.84 Å². The van der Waals surface area contributed by atoms with E-state index in [1.807, 2.05) is 31.2 Å². The molecule has 2 atom stereocenters. The molecule has 0 spiro atoms. The molecular formula is C12H14O3. The van der Waals surface area contributed by atoms with Crippen LogP contribution in [0.5, 0.6) is 5.75 Å². The lowest BCUT2D eigenvalue weighted by Crippen LogP contribution is -2.01. The normalized spacial score (nSPS) is 23.5. The van der Waals surface area contributed by atoms with E-state index < -0.39 is 5.97 Å². The van der Waals surface area contributed by atoms with Crippen molar-refractivity contribution in [3.8, 4) is 5.75 Å². The summed E-state index contributed by atoms with van der Waals surface area (Å²) in [6.45, 7) is 2.54. The molecule has 2 rings (SSSR count). The lowest BCUT2D eigenvalue weighted by atomic mass is 10.1. The summed E-state index contributed by atoms with van der Waals surface area (Å²) in [6, 6.07) is 7.69. The maximum absolute atomic E-state index is 10.8. The molecule has 0 aliphatic heterocycles. The van der Waals surface area contributed by atoms with Gasteiger partial charge in [-0.25, -0.2) is 0 Å². The average molecular weight is 206 g/mol. The minimum atomic E-state index is -0.702. The van der Waals surface area contributed by atoms with Crippen molar-refractivity contribution in [2.45, 2.75) is 19.3 Å². The molecule has 0 amide bonds. The van der Waals surface area contributed by atoms with Crippen LogP contribution in [-0.4, -0.2) is 17.7 Å². The molecule has 0 unspecified atom stereocenters. The highest BCUT2D eigenvalue weighted by Crippen LogP contribution is 2.50. The van der Waals surface area contributed by atoms with E-state index in [1.54, 1.807) is 0 Å². The number of hydrogen-bond donors (Lipinski definition) is 1. The number of carboxylic acid groups (broad SMARTS) is 1. The van der Waals surface area contributed by atoms with Crippen LogP contribution in [0, 0.1) is 5.92 Å². The van der Waals surface area contributed by atoms with Crippen LogP contribution in [0.4, 0.5) is 0 Å². The topological polar surface area (TPSA) is 46.5 Å². The molecule has 1 aliphatic rings. The van der Waals surface area contributed by atoms with E-state index in [1.165, 1.54) is 0 Å². The Morgan fingerprint density at radius 1 is 1.53 bits per heavy atom. The molecule has 15 heavy (non-hydrogen) atoms. The molecule has 0 bridgehead atoms. The molecule has 80 valence electrons. The third-order valence-corrected chi connectivity index (χ3v) is 2.73. The summed E-state index contributed by atoms with van der Waals surface area (Å²) in [5.74, 6) is 0.0527. The minimum absolute atomic E-state index is 0.144. The molecule has 1 N–H and O–H groups in total. The number of benzene rings is 1. The lowest BCUT2D eigenvalue weighted by molar-refractivity contribution is -0.138. The molecule has 1 aromatic rings. The first-order valence-corrected chi connectivity index (χ1v) is 5.18. The maximum Gasteiger partial charge on any atom is 0.307 e. The second-order valence-electron chi connectivity index (χ2n) is 3.76. The van der Waals surface area contributed by atoms with Crippen LogP contribution >= 0.6 is 0 Å². The fourth-order valence-electron chi connectivity index (χ4n) is 1.89. The van der Waals surface area contributed by atoms with Gasteiger partial charge in [-0.2, -0.15) is 0 Å². The highest BCUT2D eigenvalue weighted by atomic mass is 16.5. The summed E-state index contributed by atoms with van der Waals surface area (Å²) < 4.78 is 5.47. The Bertz CT molecular complexity index is 373. The quantitative estimate of drug-likeness (QED) is 0.822. The second-order valence-corrected chi connectivity index (χ2v) is 3.76. The fraction of sp³-hybridized carbons (Fsp3) is 0.417. The third kappa shape index (κ3) is 1.96. The molecule has 0 saturated heterocycles. The van der Waals surface area contributed by atoms with E-state index in [2.05, 4.69) is 0 Å². The number of carbonyl (C=O) groups is 1. The Kier molecular flexibility index (Phi) is 2.62. The van der Waals surface area contributed by atoms with Crippen molar-refractivity contribution < 1.29 is 14.6 Å². The number of ether oxygens (including phenoxy) is 1. The first kappa shape index (κ1) is 10.0. The molecule has 3 nitrogen and oxygen atoms in total. The molecule has 3 heteroatoms. The van der Waals surface area contributed by atoms with Gasteiger partial charge in [-0.1, -0.05) is 18.2 Å². The first-order valence-electron chi connectivity index (χ1n) is 5.18. The van der Waals surface area contributed by atoms with Crippen LogP contribution in [0.25, 0.3) is 0 Å². The number of carboxylic acids is 1. The fourth-order valence-corrected chi connectivity index (χ4v) is 1.89. The summed E-state index contributed by atoms with van der Waals surface area (Å²) >= 11 is 0. The van der Waals surface area contributed by atoms with Crippen LogP contribution in [0.2, 0.25) is 0 Å². The van der Waals surface area contributed by atoms with E-state index in [4.69, 9.17) is 9.84 Å². The van der Waals surface area contributed by atoms with Gasteiger partial charge in [0.05, 0.1) is 12.5 Å². The van der Waals surface area contributed by atoms with E-state index >= 15 is 0 Å². The second kappa shape index (κ2) is 3.93. The monoisotopic (exact) mass is 206 g/mol. The zero-order valence-electron chi connectivity index (χ0n) is 8.64. The van der Waals surface area contributed by atoms with Crippen LogP contribution in [0.15, 0.2) is 24.3 Å². The van der Waals surface area contributed by atoms with Gasteiger partial charge in [0, 0.05) is 5.92 Å².